The van der Waals surface area contributed by atoms with Gasteiger partial charge in [-0.05, 0) is 43.7 Å². The molecule has 0 unspecified atom stereocenters. The van der Waals surface area contributed by atoms with Gasteiger partial charge in [-0.15, -0.1) is 22.7 Å². The lowest BCUT2D eigenvalue weighted by Crippen LogP contribution is -2.12. The van der Waals surface area contributed by atoms with E-state index in [1.165, 1.54) is 4.88 Å². The zero-order valence-electron chi connectivity index (χ0n) is 15.2. The molecule has 6 heteroatoms. The van der Waals surface area contributed by atoms with E-state index in [4.69, 9.17) is 9.72 Å². The zero-order chi connectivity index (χ0) is 19.0. The number of nitrogens with one attached hydrogen (secondary N) is 1. The van der Waals surface area contributed by atoms with Crippen LogP contribution in [0.4, 0.5) is 5.00 Å². The SMILES string of the molecule is COc1ccccc1C(=O)Nc1sc(C)c(C)c1-c1nc2ccccc2s1. The number of anilines is 1. The number of hydrogen-bond donors (Lipinski definition) is 1. The summed E-state index contributed by atoms with van der Waals surface area (Å²) in [6.07, 6.45) is 0. The number of fused-ring (bicyclic) bond motifs is 1. The lowest BCUT2D eigenvalue weighted by atomic mass is 10.1. The van der Waals surface area contributed by atoms with Crippen LogP contribution in [0.1, 0.15) is 20.8 Å². The van der Waals surface area contributed by atoms with Gasteiger partial charge in [0, 0.05) is 10.4 Å². The van der Waals surface area contributed by atoms with Crippen LogP contribution in [0.3, 0.4) is 0 Å². The molecule has 136 valence electrons. The van der Waals surface area contributed by atoms with Crippen LogP contribution in [0.5, 0.6) is 5.75 Å². The van der Waals surface area contributed by atoms with E-state index in [0.29, 0.717) is 11.3 Å². The van der Waals surface area contributed by atoms with Gasteiger partial charge in [0.05, 0.1) is 22.9 Å². The lowest BCUT2D eigenvalue weighted by molar-refractivity contribution is 0.102. The van der Waals surface area contributed by atoms with Gasteiger partial charge in [0.25, 0.3) is 5.91 Å². The number of hydrogen-bond acceptors (Lipinski definition) is 5. The molecule has 0 bridgehead atoms. The average molecular weight is 395 g/mol. The Morgan fingerprint density at radius 2 is 1.78 bits per heavy atom. The maximum absolute atomic E-state index is 12.9. The molecule has 4 nitrogen and oxygen atoms in total. The normalized spacial score (nSPS) is 10.9. The van der Waals surface area contributed by atoms with Gasteiger partial charge in [-0.25, -0.2) is 4.98 Å². The van der Waals surface area contributed by atoms with E-state index in [9.17, 15) is 4.79 Å². The molecule has 2 heterocycles. The quantitative estimate of drug-likeness (QED) is 0.469. The Morgan fingerprint density at radius 3 is 2.56 bits per heavy atom. The van der Waals surface area contributed by atoms with Gasteiger partial charge in [0.2, 0.25) is 0 Å². The van der Waals surface area contributed by atoms with Gasteiger partial charge in [-0.2, -0.15) is 0 Å². The third-order valence-electron chi connectivity index (χ3n) is 4.47. The van der Waals surface area contributed by atoms with E-state index in [-0.39, 0.29) is 5.91 Å². The Morgan fingerprint density at radius 1 is 1.04 bits per heavy atom. The molecule has 0 aliphatic carbocycles. The number of nitrogens with zero attached hydrogens (tertiary/aromatic N) is 1. The van der Waals surface area contributed by atoms with Crippen molar-refractivity contribution < 1.29 is 9.53 Å². The van der Waals surface area contributed by atoms with Crippen molar-refractivity contribution >= 4 is 43.8 Å². The van der Waals surface area contributed by atoms with Crippen LogP contribution in [0.15, 0.2) is 48.5 Å². The highest BCUT2D eigenvalue weighted by Gasteiger charge is 2.21. The highest BCUT2D eigenvalue weighted by molar-refractivity contribution is 7.22. The van der Waals surface area contributed by atoms with Crippen molar-refractivity contribution in [3.63, 3.8) is 0 Å². The van der Waals surface area contributed by atoms with Crippen LogP contribution in [0, 0.1) is 13.8 Å². The van der Waals surface area contributed by atoms with Crippen molar-refractivity contribution in [3.8, 4) is 16.3 Å². The summed E-state index contributed by atoms with van der Waals surface area (Å²) in [6.45, 7) is 4.14. The van der Waals surface area contributed by atoms with Crippen molar-refractivity contribution in [2.75, 3.05) is 12.4 Å². The molecule has 0 spiro atoms. The van der Waals surface area contributed by atoms with E-state index < -0.39 is 0 Å². The predicted octanol–water partition coefficient (Wildman–Crippen LogP) is 5.90. The van der Waals surface area contributed by atoms with Crippen LogP contribution >= 0.6 is 22.7 Å². The van der Waals surface area contributed by atoms with Crippen LogP contribution in [-0.4, -0.2) is 18.0 Å². The number of para-hydroxylation sites is 2. The fourth-order valence-electron chi connectivity index (χ4n) is 2.95. The first kappa shape index (κ1) is 17.7. The number of amides is 1. The zero-order valence-corrected chi connectivity index (χ0v) is 16.8. The second kappa shape index (κ2) is 7.13. The summed E-state index contributed by atoms with van der Waals surface area (Å²) in [5, 5.41) is 4.82. The van der Waals surface area contributed by atoms with E-state index in [1.54, 1.807) is 41.9 Å². The molecule has 1 N–H and O–H groups in total. The summed E-state index contributed by atoms with van der Waals surface area (Å²) in [4.78, 5) is 18.8. The summed E-state index contributed by atoms with van der Waals surface area (Å²) in [5.74, 6) is 0.373. The third kappa shape index (κ3) is 3.22. The molecular formula is C21H18N2O2S2. The molecule has 0 saturated carbocycles. The Labute approximate surface area is 165 Å². The van der Waals surface area contributed by atoms with Crippen molar-refractivity contribution in [1.82, 2.24) is 4.98 Å². The molecule has 4 aromatic rings. The Hall–Kier alpha value is -2.70. The first-order valence-electron chi connectivity index (χ1n) is 8.48. The number of thiophene rings is 1. The second-order valence-electron chi connectivity index (χ2n) is 6.13. The highest BCUT2D eigenvalue weighted by atomic mass is 32.1. The largest absolute Gasteiger partial charge is 0.496 e. The summed E-state index contributed by atoms with van der Waals surface area (Å²) in [5.41, 5.74) is 3.64. The van der Waals surface area contributed by atoms with Crippen LogP contribution in [-0.2, 0) is 0 Å². The molecule has 0 aliphatic heterocycles. The number of carbonyl (C=O) groups is 1. The van der Waals surface area contributed by atoms with Crippen LogP contribution in [0.2, 0.25) is 0 Å². The number of aryl methyl sites for hydroxylation is 1. The summed E-state index contributed by atoms with van der Waals surface area (Å²) >= 11 is 3.22. The number of methoxy groups -OCH3 is 1. The highest BCUT2D eigenvalue weighted by Crippen LogP contribution is 2.43. The van der Waals surface area contributed by atoms with Crippen LogP contribution in [0.25, 0.3) is 20.8 Å². The Bertz CT molecular complexity index is 1110. The number of ether oxygens (including phenoxy) is 1. The Kier molecular flexibility index (Phi) is 4.68. The van der Waals surface area contributed by atoms with E-state index in [1.807, 2.05) is 30.3 Å². The number of carbonyl (C=O) groups excluding carboxylic acids is 1. The van der Waals surface area contributed by atoms with Crippen molar-refractivity contribution in [3.05, 3.63) is 64.5 Å². The summed E-state index contributed by atoms with van der Waals surface area (Å²) in [7, 11) is 1.57. The maximum atomic E-state index is 12.9. The topological polar surface area (TPSA) is 51.2 Å². The second-order valence-corrected chi connectivity index (χ2v) is 8.38. The molecule has 1 amide bonds. The minimum Gasteiger partial charge on any atom is -0.496 e. The molecular weight excluding hydrogens is 376 g/mol. The average Bonchev–Trinajstić information content (AvgIpc) is 3.22. The summed E-state index contributed by atoms with van der Waals surface area (Å²) in [6, 6.07) is 15.3. The van der Waals surface area contributed by atoms with Crippen molar-refractivity contribution in [2.24, 2.45) is 0 Å². The van der Waals surface area contributed by atoms with Gasteiger partial charge < -0.3 is 10.1 Å². The fourth-order valence-corrected chi connectivity index (χ4v) is 5.15. The van der Waals surface area contributed by atoms with Crippen LogP contribution < -0.4 is 10.1 Å². The Balaban J connectivity index is 1.76. The fraction of sp³-hybridized carbons (Fsp3) is 0.143. The molecule has 4 rings (SSSR count). The third-order valence-corrected chi connectivity index (χ3v) is 6.65. The number of thiazole rings is 1. The van der Waals surface area contributed by atoms with Gasteiger partial charge in [0.1, 0.15) is 15.8 Å². The molecule has 0 fully saturated rings. The standard InChI is InChI=1S/C21H18N2O2S2/c1-12-13(2)26-21(23-19(24)14-8-4-6-10-16(14)25-3)18(12)20-22-15-9-5-7-11-17(15)27-20/h4-11H,1-3H3,(H,23,24). The molecule has 0 atom stereocenters. The maximum Gasteiger partial charge on any atom is 0.260 e. The minimum absolute atomic E-state index is 0.184. The predicted molar refractivity (Wildman–Crippen MR) is 113 cm³/mol. The van der Waals surface area contributed by atoms with E-state index >= 15 is 0 Å². The van der Waals surface area contributed by atoms with Gasteiger partial charge >= 0.3 is 0 Å². The summed E-state index contributed by atoms with van der Waals surface area (Å²) < 4.78 is 6.46. The van der Waals surface area contributed by atoms with Crippen molar-refractivity contribution in [1.29, 1.82) is 0 Å². The lowest BCUT2D eigenvalue weighted by Gasteiger charge is -2.09. The smallest absolute Gasteiger partial charge is 0.260 e. The van der Waals surface area contributed by atoms with Gasteiger partial charge in [-0.3, -0.25) is 4.79 Å². The van der Waals surface area contributed by atoms with Crippen molar-refractivity contribution in [2.45, 2.75) is 13.8 Å². The monoisotopic (exact) mass is 394 g/mol. The number of benzene rings is 2. The first-order valence-corrected chi connectivity index (χ1v) is 10.1. The van der Waals surface area contributed by atoms with Gasteiger partial charge in [0.15, 0.2) is 0 Å². The first-order chi connectivity index (χ1) is 13.1. The van der Waals surface area contributed by atoms with E-state index in [2.05, 4.69) is 25.2 Å². The molecule has 2 aromatic heterocycles. The minimum atomic E-state index is -0.184. The molecule has 0 radical (unpaired) electrons. The van der Waals surface area contributed by atoms with Gasteiger partial charge in [-0.1, -0.05) is 24.3 Å². The molecule has 27 heavy (non-hydrogen) atoms. The number of aromatic nitrogens is 1. The molecule has 0 saturated heterocycles. The molecule has 2 aromatic carbocycles. The number of rotatable bonds is 4. The van der Waals surface area contributed by atoms with E-state index in [0.717, 1.165) is 31.4 Å². The molecule has 0 aliphatic rings.